The SMILES string of the molecule is C=CCn1c(SCC(=O)OCC)nnc1C(C)Oc1cc(Cl)ccc1Cl. The number of benzene rings is 1. The van der Waals surface area contributed by atoms with Gasteiger partial charge in [-0.3, -0.25) is 9.36 Å². The fraction of sp³-hybridized carbons (Fsp3) is 0.353. The molecule has 0 radical (unpaired) electrons. The van der Waals surface area contributed by atoms with Crippen molar-refractivity contribution >= 4 is 40.9 Å². The number of hydrogen-bond acceptors (Lipinski definition) is 6. The van der Waals surface area contributed by atoms with Gasteiger partial charge in [0.15, 0.2) is 17.1 Å². The quantitative estimate of drug-likeness (QED) is 0.339. The Hall–Kier alpha value is -1.70. The van der Waals surface area contributed by atoms with Crippen LogP contribution in [0.4, 0.5) is 0 Å². The number of hydrogen-bond donors (Lipinski definition) is 0. The van der Waals surface area contributed by atoms with Gasteiger partial charge in [0, 0.05) is 17.6 Å². The van der Waals surface area contributed by atoms with Gasteiger partial charge in [-0.2, -0.15) is 0 Å². The summed E-state index contributed by atoms with van der Waals surface area (Å²) in [7, 11) is 0. The number of carbonyl (C=O) groups excluding carboxylic acids is 1. The Balaban J connectivity index is 2.18. The first-order chi connectivity index (χ1) is 12.5. The van der Waals surface area contributed by atoms with E-state index in [4.69, 9.17) is 32.7 Å². The summed E-state index contributed by atoms with van der Waals surface area (Å²) in [6.07, 6.45) is 1.29. The lowest BCUT2D eigenvalue weighted by Gasteiger charge is -2.16. The number of rotatable bonds is 9. The lowest BCUT2D eigenvalue weighted by atomic mass is 10.3. The van der Waals surface area contributed by atoms with Crippen molar-refractivity contribution in [1.82, 2.24) is 14.8 Å². The molecule has 0 saturated heterocycles. The highest BCUT2D eigenvalue weighted by atomic mass is 35.5. The molecule has 0 amide bonds. The summed E-state index contributed by atoms with van der Waals surface area (Å²) in [5.41, 5.74) is 0. The van der Waals surface area contributed by atoms with E-state index in [9.17, 15) is 4.79 Å². The number of carbonyl (C=O) groups is 1. The van der Waals surface area contributed by atoms with Crippen LogP contribution >= 0.6 is 35.0 Å². The summed E-state index contributed by atoms with van der Waals surface area (Å²) < 4.78 is 12.7. The highest BCUT2D eigenvalue weighted by Gasteiger charge is 2.20. The molecule has 0 saturated carbocycles. The molecule has 140 valence electrons. The summed E-state index contributed by atoms with van der Waals surface area (Å²) in [4.78, 5) is 11.6. The second-order valence-electron chi connectivity index (χ2n) is 5.17. The number of thioether (sulfide) groups is 1. The van der Waals surface area contributed by atoms with Gasteiger partial charge in [0.25, 0.3) is 0 Å². The molecular formula is C17H19Cl2N3O3S. The van der Waals surface area contributed by atoms with Crippen LogP contribution in [0.2, 0.25) is 10.0 Å². The molecule has 0 aliphatic heterocycles. The van der Waals surface area contributed by atoms with Crippen molar-refractivity contribution in [3.8, 4) is 5.75 Å². The highest BCUT2D eigenvalue weighted by molar-refractivity contribution is 7.99. The molecule has 1 aromatic heterocycles. The molecule has 2 aromatic rings. The van der Waals surface area contributed by atoms with Crippen molar-refractivity contribution in [2.24, 2.45) is 0 Å². The fourth-order valence-electron chi connectivity index (χ4n) is 2.15. The van der Waals surface area contributed by atoms with E-state index in [1.54, 1.807) is 31.2 Å². The summed E-state index contributed by atoms with van der Waals surface area (Å²) in [6.45, 7) is 8.17. The third-order valence-corrected chi connectivity index (χ3v) is 4.73. The van der Waals surface area contributed by atoms with E-state index in [2.05, 4.69) is 16.8 Å². The van der Waals surface area contributed by atoms with Crippen molar-refractivity contribution in [2.45, 2.75) is 31.7 Å². The van der Waals surface area contributed by atoms with Gasteiger partial charge in [0.2, 0.25) is 0 Å². The second kappa shape index (κ2) is 9.85. The maximum Gasteiger partial charge on any atom is 0.316 e. The number of allylic oxidation sites excluding steroid dienone is 1. The fourth-order valence-corrected chi connectivity index (χ4v) is 3.22. The minimum Gasteiger partial charge on any atom is -0.481 e. The van der Waals surface area contributed by atoms with Crippen LogP contribution in [0.5, 0.6) is 5.75 Å². The normalized spacial score (nSPS) is 11.8. The molecule has 0 aliphatic carbocycles. The summed E-state index contributed by atoms with van der Waals surface area (Å²) in [6, 6.07) is 5.00. The summed E-state index contributed by atoms with van der Waals surface area (Å²) in [5.74, 6) is 0.897. The van der Waals surface area contributed by atoms with E-state index < -0.39 is 6.10 Å². The molecule has 0 fully saturated rings. The van der Waals surface area contributed by atoms with Crippen LogP contribution in [-0.4, -0.2) is 33.1 Å². The Morgan fingerprint density at radius 3 is 2.88 bits per heavy atom. The molecule has 9 heteroatoms. The first-order valence-corrected chi connectivity index (χ1v) is 9.64. The van der Waals surface area contributed by atoms with Gasteiger partial charge >= 0.3 is 5.97 Å². The van der Waals surface area contributed by atoms with E-state index in [-0.39, 0.29) is 11.7 Å². The number of nitrogens with zero attached hydrogens (tertiary/aromatic N) is 3. The van der Waals surface area contributed by atoms with Crippen molar-refractivity contribution in [3.63, 3.8) is 0 Å². The lowest BCUT2D eigenvalue weighted by Crippen LogP contribution is -2.13. The molecule has 0 spiro atoms. The molecule has 6 nitrogen and oxygen atoms in total. The van der Waals surface area contributed by atoms with Crippen molar-refractivity contribution in [3.05, 3.63) is 46.7 Å². The van der Waals surface area contributed by atoms with Gasteiger partial charge in [0.1, 0.15) is 5.75 Å². The van der Waals surface area contributed by atoms with Gasteiger partial charge < -0.3 is 9.47 Å². The second-order valence-corrected chi connectivity index (χ2v) is 6.95. The van der Waals surface area contributed by atoms with Gasteiger partial charge in [-0.1, -0.05) is 41.0 Å². The Kier molecular flexibility index (Phi) is 7.81. The first kappa shape index (κ1) is 20.6. The summed E-state index contributed by atoms with van der Waals surface area (Å²) >= 11 is 13.4. The van der Waals surface area contributed by atoms with Gasteiger partial charge in [-0.15, -0.1) is 16.8 Å². The summed E-state index contributed by atoms with van der Waals surface area (Å²) in [5, 5.41) is 9.91. The zero-order valence-electron chi connectivity index (χ0n) is 14.4. The molecule has 0 bridgehead atoms. The zero-order valence-corrected chi connectivity index (χ0v) is 16.8. The van der Waals surface area contributed by atoms with Crippen LogP contribution in [0.15, 0.2) is 36.0 Å². The molecule has 1 unspecified atom stereocenters. The number of esters is 1. The highest BCUT2D eigenvalue weighted by Crippen LogP contribution is 2.32. The van der Waals surface area contributed by atoms with Crippen LogP contribution in [0, 0.1) is 0 Å². The van der Waals surface area contributed by atoms with Crippen LogP contribution in [0.3, 0.4) is 0 Å². The van der Waals surface area contributed by atoms with Crippen LogP contribution in [-0.2, 0) is 16.1 Å². The van der Waals surface area contributed by atoms with Gasteiger partial charge in [0.05, 0.1) is 17.4 Å². The molecule has 1 atom stereocenters. The minimum absolute atomic E-state index is 0.151. The van der Waals surface area contributed by atoms with Crippen LogP contribution < -0.4 is 4.74 Å². The average Bonchev–Trinajstić information content (AvgIpc) is 3.00. The molecule has 1 aromatic carbocycles. The van der Waals surface area contributed by atoms with E-state index in [1.165, 1.54) is 11.8 Å². The number of aromatic nitrogens is 3. The topological polar surface area (TPSA) is 66.2 Å². The molecule has 0 aliphatic rings. The third kappa shape index (κ3) is 5.40. The number of ether oxygens (including phenoxy) is 2. The Morgan fingerprint density at radius 2 is 2.19 bits per heavy atom. The van der Waals surface area contributed by atoms with Crippen LogP contribution in [0.25, 0.3) is 0 Å². The molecular weight excluding hydrogens is 397 g/mol. The Labute approximate surface area is 166 Å². The molecule has 0 N–H and O–H groups in total. The van der Waals surface area contributed by atoms with Gasteiger partial charge in [-0.05, 0) is 26.0 Å². The largest absolute Gasteiger partial charge is 0.481 e. The third-order valence-electron chi connectivity index (χ3n) is 3.24. The molecule has 1 heterocycles. The van der Waals surface area contributed by atoms with Crippen molar-refractivity contribution in [2.75, 3.05) is 12.4 Å². The minimum atomic E-state index is -0.435. The standard InChI is InChI=1S/C17H19Cl2N3O3S/c1-4-8-22-16(20-21-17(22)26-10-15(23)24-5-2)11(3)25-14-9-12(18)6-7-13(14)19/h4,6-7,9,11H,1,5,8,10H2,2-3H3. The maximum atomic E-state index is 11.6. The average molecular weight is 416 g/mol. The zero-order chi connectivity index (χ0) is 19.1. The van der Waals surface area contributed by atoms with Crippen LogP contribution in [0.1, 0.15) is 25.8 Å². The van der Waals surface area contributed by atoms with E-state index in [1.807, 2.05) is 11.5 Å². The van der Waals surface area contributed by atoms with Gasteiger partial charge in [-0.25, -0.2) is 0 Å². The van der Waals surface area contributed by atoms with E-state index in [0.717, 1.165) is 0 Å². The predicted octanol–water partition coefficient (Wildman–Crippen LogP) is 4.57. The monoisotopic (exact) mass is 415 g/mol. The van der Waals surface area contributed by atoms with E-state index >= 15 is 0 Å². The van der Waals surface area contributed by atoms with Crippen molar-refractivity contribution < 1.29 is 14.3 Å². The predicted molar refractivity (Wildman–Crippen MR) is 103 cm³/mol. The number of halogens is 2. The molecule has 26 heavy (non-hydrogen) atoms. The maximum absolute atomic E-state index is 11.6. The smallest absolute Gasteiger partial charge is 0.316 e. The lowest BCUT2D eigenvalue weighted by molar-refractivity contribution is -0.139. The Morgan fingerprint density at radius 1 is 1.42 bits per heavy atom. The first-order valence-electron chi connectivity index (χ1n) is 7.90. The van der Waals surface area contributed by atoms with Crippen molar-refractivity contribution in [1.29, 1.82) is 0 Å². The molecule has 2 rings (SSSR count). The Bertz CT molecular complexity index is 783. The van der Waals surface area contributed by atoms with E-state index in [0.29, 0.717) is 39.9 Å².